The summed E-state index contributed by atoms with van der Waals surface area (Å²) in [5.41, 5.74) is 0.121. The molecular weight excluding hydrogens is 769 g/mol. The van der Waals surface area contributed by atoms with Gasteiger partial charge in [0.2, 0.25) is 6.29 Å². The van der Waals surface area contributed by atoms with Gasteiger partial charge in [0.15, 0.2) is 11.6 Å². The second kappa shape index (κ2) is 14.9. The maximum Gasteiger partial charge on any atom is 0.229 e. The first kappa shape index (κ1) is 38.9. The van der Waals surface area contributed by atoms with Crippen molar-refractivity contribution in [1.82, 2.24) is 10.6 Å². The van der Waals surface area contributed by atoms with Crippen LogP contribution in [0, 0.1) is 22.7 Å². The molecule has 2 spiro atoms. The minimum atomic E-state index is -2.19. The molecule has 9 unspecified atom stereocenters. The predicted molar refractivity (Wildman–Crippen MR) is 214 cm³/mol. The van der Waals surface area contributed by atoms with Gasteiger partial charge >= 0.3 is 0 Å². The number of ether oxygens (including phenoxy) is 2. The summed E-state index contributed by atoms with van der Waals surface area (Å²) in [6.07, 6.45) is 3.70. The Morgan fingerprint density at radius 3 is 2.61 bits per heavy atom. The molecule has 2 aromatic carbocycles. The van der Waals surface area contributed by atoms with Gasteiger partial charge in [-0.15, -0.1) is 0 Å². The molecule has 9 atom stereocenters. The lowest BCUT2D eigenvalue weighted by atomic mass is 9.58. The van der Waals surface area contributed by atoms with Crippen LogP contribution in [0.1, 0.15) is 70.4 Å². The SMILES string of the molecule is O=C1c2cccc3c2C(=O)C2(CSSCNC4=CC5=C(CCC6CCCC56CC5(O)C(O)C(CO)OC(O3)C5O)CN4)C(O)=CC(Cc3cccc(CO)c3)=CC12. The molecule has 6 bridgehead atoms. The van der Waals surface area contributed by atoms with Gasteiger partial charge in [0, 0.05) is 23.3 Å². The fourth-order valence-corrected chi connectivity index (χ4v) is 13.0. The highest BCUT2D eigenvalue weighted by Crippen LogP contribution is 2.61. The summed E-state index contributed by atoms with van der Waals surface area (Å²) in [6, 6.07) is 12.0. The molecule has 1 saturated heterocycles. The molecule has 3 aliphatic heterocycles. The first-order chi connectivity index (χ1) is 27.5. The van der Waals surface area contributed by atoms with E-state index in [0.717, 1.165) is 54.6 Å². The van der Waals surface area contributed by atoms with E-state index >= 15 is 4.79 Å². The zero-order valence-electron chi connectivity index (χ0n) is 31.4. The highest BCUT2D eigenvalue weighted by atomic mass is 33.1. The Morgan fingerprint density at radius 1 is 0.965 bits per heavy atom. The minimum Gasteiger partial charge on any atom is -0.511 e. The third-order valence-corrected chi connectivity index (χ3v) is 15.8. The second-order valence-corrected chi connectivity index (χ2v) is 19.0. The van der Waals surface area contributed by atoms with E-state index in [1.54, 1.807) is 24.3 Å². The summed E-state index contributed by atoms with van der Waals surface area (Å²) in [6.45, 7) is -0.204. The van der Waals surface area contributed by atoms with Crippen LogP contribution < -0.4 is 15.4 Å². The van der Waals surface area contributed by atoms with E-state index in [0.29, 0.717) is 24.4 Å². The quantitative estimate of drug-likeness (QED) is 0.206. The van der Waals surface area contributed by atoms with Crippen LogP contribution in [0.2, 0.25) is 0 Å². The molecule has 2 aromatic rings. The summed E-state index contributed by atoms with van der Waals surface area (Å²) < 4.78 is 12.3. The van der Waals surface area contributed by atoms with Gasteiger partial charge in [-0.1, -0.05) is 70.5 Å². The Bertz CT molecular complexity index is 2120. The smallest absolute Gasteiger partial charge is 0.229 e. The highest BCUT2D eigenvalue weighted by Gasteiger charge is 2.63. The number of benzene rings is 2. The van der Waals surface area contributed by atoms with E-state index in [2.05, 4.69) is 16.7 Å². The van der Waals surface area contributed by atoms with Crippen molar-refractivity contribution >= 4 is 33.2 Å². The summed E-state index contributed by atoms with van der Waals surface area (Å²) in [4.78, 5) is 29.8. The van der Waals surface area contributed by atoms with Gasteiger partial charge in [0.25, 0.3) is 0 Å². The zero-order chi connectivity index (χ0) is 39.7. The molecule has 14 heteroatoms. The van der Waals surface area contributed by atoms with Gasteiger partial charge in [-0.05, 0) is 90.5 Å². The normalized spacial score (nSPS) is 36.2. The van der Waals surface area contributed by atoms with Crippen molar-refractivity contribution in [1.29, 1.82) is 0 Å². The number of aliphatic hydroxyl groups excluding tert-OH is 5. The number of hydrogen-bond acceptors (Lipinski definition) is 14. The lowest BCUT2D eigenvalue weighted by Gasteiger charge is -2.53. The maximum absolute atomic E-state index is 15.2. The van der Waals surface area contributed by atoms with E-state index in [4.69, 9.17) is 9.47 Å². The number of rotatable bonds is 4. The topological polar surface area (TPSA) is 198 Å². The molecule has 0 radical (unpaired) electrons. The van der Waals surface area contributed by atoms with Crippen LogP contribution in [0.3, 0.4) is 0 Å². The molecule has 0 amide bonds. The van der Waals surface area contributed by atoms with Gasteiger partial charge in [0.05, 0.1) is 36.4 Å². The number of dihydropyridines is 1. The number of carbonyl (C=O) groups is 2. The molecule has 8 N–H and O–H groups in total. The Morgan fingerprint density at radius 2 is 1.79 bits per heavy atom. The molecular formula is C43H48N2O10S2. The Hall–Kier alpha value is -3.60. The van der Waals surface area contributed by atoms with Crippen molar-refractivity contribution in [2.24, 2.45) is 22.7 Å². The number of hydrogen-bond donors (Lipinski definition) is 8. The molecule has 1 saturated carbocycles. The lowest BCUT2D eigenvalue weighted by Crippen LogP contribution is -2.69. The van der Waals surface area contributed by atoms with Gasteiger partial charge in [-0.2, -0.15) is 0 Å². The highest BCUT2D eigenvalue weighted by molar-refractivity contribution is 8.76. The van der Waals surface area contributed by atoms with Gasteiger partial charge in [-0.3, -0.25) is 9.59 Å². The Labute approximate surface area is 338 Å². The van der Waals surface area contributed by atoms with E-state index in [1.807, 2.05) is 24.3 Å². The summed E-state index contributed by atoms with van der Waals surface area (Å²) in [5.74, 6) is -0.858. The van der Waals surface area contributed by atoms with Crippen molar-refractivity contribution in [3.63, 3.8) is 0 Å². The van der Waals surface area contributed by atoms with E-state index in [-0.39, 0.29) is 47.3 Å². The molecule has 302 valence electrons. The number of ketones is 2. The minimum absolute atomic E-state index is 0.00727. The van der Waals surface area contributed by atoms with Gasteiger partial charge < -0.3 is 50.7 Å². The van der Waals surface area contributed by atoms with Crippen molar-refractivity contribution in [2.75, 3.05) is 24.8 Å². The second-order valence-electron chi connectivity index (χ2n) is 16.6. The van der Waals surface area contributed by atoms with E-state index in [9.17, 15) is 35.4 Å². The summed E-state index contributed by atoms with van der Waals surface area (Å²) in [5, 5.41) is 75.6. The monoisotopic (exact) mass is 816 g/mol. The van der Waals surface area contributed by atoms with Crippen molar-refractivity contribution in [3.8, 4) is 5.75 Å². The third-order valence-electron chi connectivity index (χ3n) is 13.6. The van der Waals surface area contributed by atoms with Crippen LogP contribution in [0.5, 0.6) is 5.75 Å². The summed E-state index contributed by atoms with van der Waals surface area (Å²) >= 11 is 0. The van der Waals surface area contributed by atoms with Crippen LogP contribution >= 0.6 is 21.6 Å². The molecule has 7 aliphatic rings. The number of aliphatic hydroxyl groups is 6. The maximum atomic E-state index is 15.2. The molecule has 4 aliphatic carbocycles. The molecule has 9 rings (SSSR count). The number of fused-ring (bicyclic) bond motifs is 2. The molecule has 0 aromatic heterocycles. The summed E-state index contributed by atoms with van der Waals surface area (Å²) in [7, 11) is 2.83. The predicted octanol–water partition coefficient (Wildman–Crippen LogP) is 3.99. The molecule has 12 nitrogen and oxygen atoms in total. The Balaban J connectivity index is 1.15. The molecule has 57 heavy (non-hydrogen) atoms. The average molecular weight is 817 g/mol. The van der Waals surface area contributed by atoms with E-state index in [1.165, 1.54) is 33.2 Å². The largest absolute Gasteiger partial charge is 0.511 e. The first-order valence-electron chi connectivity index (χ1n) is 19.7. The number of nitrogens with one attached hydrogen (secondary N) is 2. The lowest BCUT2D eigenvalue weighted by molar-refractivity contribution is -0.320. The van der Waals surface area contributed by atoms with Crippen molar-refractivity contribution in [2.45, 2.75) is 81.8 Å². The van der Waals surface area contributed by atoms with Crippen LogP contribution in [0.25, 0.3) is 0 Å². The van der Waals surface area contributed by atoms with Crippen molar-refractivity contribution in [3.05, 3.63) is 111 Å². The fourth-order valence-electron chi connectivity index (χ4n) is 10.7. The first-order valence-corrected chi connectivity index (χ1v) is 22.2. The molecule has 3 heterocycles. The number of Topliss-reactive ketones (excluding diaryl/α,β-unsaturated/α-hetero) is 2. The van der Waals surface area contributed by atoms with Crippen LogP contribution in [-0.4, -0.2) is 97.2 Å². The van der Waals surface area contributed by atoms with Crippen LogP contribution in [0.15, 0.2) is 89.0 Å². The Kier molecular flexibility index (Phi) is 10.2. The van der Waals surface area contributed by atoms with E-state index < -0.39 is 65.1 Å². The number of allylic oxidation sites excluding steroid dienone is 6. The van der Waals surface area contributed by atoms with Crippen LogP contribution in [-0.2, 0) is 17.8 Å². The fraction of sp³-hybridized carbons (Fsp3) is 0.488. The standard InChI is InChI=1S/C43H48N2O10S2/c46-18-24-5-1-4-23(12-24)13-25-14-30-36(49)28-7-2-8-31-35(28)38(51)42(30,33(48)15-25)21-56-57-22-45-34-16-29-26(17-44-34)9-10-27-6-3-11-41(27,29)20-43(53)37(50)32(19-47)55-40(54-31)39(43)52/h1-2,4-5,7-8,12,14-16,27,30,32,37,39-40,44-48,50,52-53H,3,6,9-11,13,17-22H2. The zero-order valence-corrected chi connectivity index (χ0v) is 33.0. The van der Waals surface area contributed by atoms with Crippen LogP contribution in [0.4, 0.5) is 0 Å². The average Bonchev–Trinajstić information content (AvgIpc) is 3.64. The molecule has 2 fully saturated rings. The van der Waals surface area contributed by atoms with Gasteiger partial charge in [0.1, 0.15) is 40.8 Å². The third kappa shape index (κ3) is 6.21. The number of carbonyl (C=O) groups excluding carboxylic acids is 2. The van der Waals surface area contributed by atoms with Gasteiger partial charge in [-0.25, -0.2) is 0 Å². The van der Waals surface area contributed by atoms with Crippen molar-refractivity contribution < 1.29 is 49.7 Å².